The molecule has 0 unspecified atom stereocenters. The van der Waals surface area contributed by atoms with Gasteiger partial charge in [0.05, 0.1) is 0 Å². The van der Waals surface area contributed by atoms with Crippen LogP contribution in [0.15, 0.2) is 0 Å². The fourth-order valence-corrected chi connectivity index (χ4v) is 15.6. The summed E-state index contributed by atoms with van der Waals surface area (Å²) in [4.78, 5) is 0. The van der Waals surface area contributed by atoms with Crippen molar-refractivity contribution in [2.45, 2.75) is 157 Å². The Labute approximate surface area is 227 Å². The Bertz CT molecular complexity index is 470. The average Bonchev–Trinajstić information content (AvgIpc) is 2.88. The van der Waals surface area contributed by atoms with Crippen molar-refractivity contribution >= 4 is 14.7 Å². The summed E-state index contributed by atoms with van der Waals surface area (Å²) in [6, 6.07) is 0. The van der Waals surface area contributed by atoms with Crippen LogP contribution in [0, 0.1) is 0 Å². The van der Waals surface area contributed by atoms with E-state index in [1.807, 2.05) is 0 Å². The normalized spacial score (nSPS) is 13.7. The van der Waals surface area contributed by atoms with Gasteiger partial charge in [-0.05, 0) is 0 Å². The molecule has 0 atom stereocenters. The predicted molar refractivity (Wildman–Crippen MR) is 164 cm³/mol. The van der Waals surface area contributed by atoms with Gasteiger partial charge in [0.2, 0.25) is 0 Å². The van der Waals surface area contributed by atoms with Gasteiger partial charge in [0.15, 0.2) is 0 Å². The molecule has 4 nitrogen and oxygen atoms in total. The summed E-state index contributed by atoms with van der Waals surface area (Å²) in [5.41, 5.74) is 0. The van der Waals surface area contributed by atoms with Gasteiger partial charge < -0.3 is 0 Å². The van der Waals surface area contributed by atoms with Crippen molar-refractivity contribution in [2.75, 3.05) is 37.9 Å². The van der Waals surface area contributed by atoms with E-state index in [2.05, 4.69) is 41.5 Å². The standard InChI is InChI=1S/C30H66O4P2/c1-7-13-17-21-27-36(28-22-18-14-8-2,29-23-19-15-9-3,30-24-20-16-10-4)34-35(31,32-25-11-5)33-26-12-6/h7-30H2,1-6H3. The van der Waals surface area contributed by atoms with Crippen LogP contribution in [0.2, 0.25) is 0 Å². The molecular formula is C30H66O4P2. The molecular weight excluding hydrogens is 486 g/mol. The van der Waals surface area contributed by atoms with E-state index in [1.54, 1.807) is 0 Å². The van der Waals surface area contributed by atoms with Crippen LogP contribution < -0.4 is 0 Å². The van der Waals surface area contributed by atoms with E-state index in [9.17, 15) is 4.57 Å². The van der Waals surface area contributed by atoms with Gasteiger partial charge >= 0.3 is 228 Å². The number of phosphoric ester groups is 1. The van der Waals surface area contributed by atoms with Gasteiger partial charge in [-0.3, -0.25) is 0 Å². The van der Waals surface area contributed by atoms with Gasteiger partial charge in [-0.2, -0.15) is 0 Å². The molecule has 0 aliphatic carbocycles. The van der Waals surface area contributed by atoms with Crippen molar-refractivity contribution in [2.24, 2.45) is 0 Å². The van der Waals surface area contributed by atoms with Crippen LogP contribution in [-0.4, -0.2) is 37.9 Å². The first-order valence-corrected chi connectivity index (χ1v) is 20.4. The first-order chi connectivity index (χ1) is 17.4. The zero-order valence-electron chi connectivity index (χ0n) is 25.5. The number of hydrogen-bond donors (Lipinski definition) is 0. The summed E-state index contributed by atoms with van der Waals surface area (Å²) in [5, 5.41) is 0. The van der Waals surface area contributed by atoms with Crippen molar-refractivity contribution in [3.8, 4) is 0 Å². The third-order valence-electron chi connectivity index (χ3n) is 7.55. The SMILES string of the molecule is CCCCCCP(CCCCCC)(CCCCCC)(CCCCCC)OP(=O)(OCCC)OCCC. The second kappa shape index (κ2) is 22.4. The molecule has 0 aliphatic rings. The van der Waals surface area contributed by atoms with Crippen molar-refractivity contribution in [3.63, 3.8) is 0 Å². The molecule has 36 heavy (non-hydrogen) atoms. The Hall–Kier alpha value is 0.540. The van der Waals surface area contributed by atoms with Gasteiger partial charge in [-0.1, -0.05) is 0 Å². The molecule has 0 fully saturated rings. The van der Waals surface area contributed by atoms with Crippen molar-refractivity contribution in [3.05, 3.63) is 0 Å². The van der Waals surface area contributed by atoms with Crippen LogP contribution in [0.3, 0.4) is 0 Å². The van der Waals surface area contributed by atoms with Crippen molar-refractivity contribution in [1.29, 1.82) is 0 Å². The molecule has 0 amide bonds. The predicted octanol–water partition coefficient (Wildman–Crippen LogP) is 11.8. The topological polar surface area (TPSA) is 44.8 Å². The monoisotopic (exact) mass is 552 g/mol. The van der Waals surface area contributed by atoms with E-state index in [1.165, 1.54) is 103 Å². The van der Waals surface area contributed by atoms with Crippen LogP contribution in [0.4, 0.5) is 0 Å². The Morgan fingerprint density at radius 2 is 0.750 bits per heavy atom. The summed E-state index contributed by atoms with van der Waals surface area (Å²) >= 11 is 0. The molecule has 0 saturated carbocycles. The van der Waals surface area contributed by atoms with Gasteiger partial charge in [0.1, 0.15) is 0 Å². The van der Waals surface area contributed by atoms with E-state index in [0.717, 1.165) is 37.5 Å². The molecule has 0 heterocycles. The van der Waals surface area contributed by atoms with Crippen molar-refractivity contribution in [1.82, 2.24) is 0 Å². The fourth-order valence-electron chi connectivity index (χ4n) is 5.36. The second-order valence-electron chi connectivity index (χ2n) is 11.2. The average molecular weight is 553 g/mol. The van der Waals surface area contributed by atoms with Gasteiger partial charge in [-0.25, -0.2) is 0 Å². The molecule has 220 valence electrons. The molecule has 0 spiro atoms. The second-order valence-corrected chi connectivity index (χ2v) is 18.8. The third kappa shape index (κ3) is 15.8. The minimum absolute atomic E-state index is 0.435. The van der Waals surface area contributed by atoms with E-state index in [0.29, 0.717) is 13.2 Å². The quantitative estimate of drug-likeness (QED) is 0.0715. The zero-order valence-corrected chi connectivity index (χ0v) is 27.3. The van der Waals surface area contributed by atoms with E-state index >= 15 is 0 Å². The van der Waals surface area contributed by atoms with Crippen LogP contribution in [0.1, 0.15) is 157 Å². The number of hydrogen-bond acceptors (Lipinski definition) is 4. The van der Waals surface area contributed by atoms with E-state index in [-0.39, 0.29) is 0 Å². The number of phosphoric acid groups is 1. The Morgan fingerprint density at radius 3 is 1.00 bits per heavy atom. The van der Waals surface area contributed by atoms with Gasteiger partial charge in [-0.15, -0.1) is 0 Å². The first kappa shape index (κ1) is 36.5. The van der Waals surface area contributed by atoms with E-state index < -0.39 is 14.7 Å². The molecule has 0 aromatic rings. The van der Waals surface area contributed by atoms with Crippen LogP contribution in [-0.2, 0) is 17.9 Å². The maximum atomic E-state index is 14.3. The van der Waals surface area contributed by atoms with Crippen LogP contribution >= 0.6 is 14.7 Å². The molecule has 6 heteroatoms. The molecule has 0 radical (unpaired) electrons. The van der Waals surface area contributed by atoms with Gasteiger partial charge in [0, 0.05) is 0 Å². The minimum atomic E-state index is -3.60. The molecule has 0 aliphatic heterocycles. The summed E-state index contributed by atoms with van der Waals surface area (Å²) in [6.07, 6.45) is 25.8. The summed E-state index contributed by atoms with van der Waals surface area (Å²) in [7, 11) is -3.60. The molecule has 0 saturated heterocycles. The van der Waals surface area contributed by atoms with E-state index in [4.69, 9.17) is 13.4 Å². The number of unbranched alkanes of at least 4 members (excludes halogenated alkanes) is 12. The van der Waals surface area contributed by atoms with Crippen LogP contribution in [0.25, 0.3) is 0 Å². The first-order valence-electron chi connectivity index (χ1n) is 16.0. The van der Waals surface area contributed by atoms with Crippen molar-refractivity contribution < 1.29 is 17.9 Å². The molecule has 0 bridgehead atoms. The fraction of sp³-hybridized carbons (Fsp3) is 1.00. The Morgan fingerprint density at radius 1 is 0.444 bits per heavy atom. The zero-order chi connectivity index (χ0) is 27.0. The number of rotatable bonds is 28. The Kier molecular flexibility index (Phi) is 22.7. The third-order valence-corrected chi connectivity index (χ3v) is 17.0. The summed E-state index contributed by atoms with van der Waals surface area (Å²) < 4.78 is 33.5. The molecule has 0 rings (SSSR count). The Balaban J connectivity index is 6.39. The molecule has 0 aromatic carbocycles. The summed E-state index contributed by atoms with van der Waals surface area (Å²) in [6.45, 7) is 11.3. The molecule has 0 aromatic heterocycles. The maximum absolute atomic E-state index is 14.3. The molecule has 0 N–H and O–H groups in total. The van der Waals surface area contributed by atoms with Crippen LogP contribution in [0.5, 0.6) is 0 Å². The van der Waals surface area contributed by atoms with Gasteiger partial charge in [0.25, 0.3) is 0 Å². The summed E-state index contributed by atoms with van der Waals surface area (Å²) in [5.74, 6) is 0.